The summed E-state index contributed by atoms with van der Waals surface area (Å²) < 4.78 is 0. The van der Waals surface area contributed by atoms with Gasteiger partial charge in [0.15, 0.2) is 0 Å². The summed E-state index contributed by atoms with van der Waals surface area (Å²) in [6.45, 7) is 0. The Bertz CT molecular complexity index is 391. The lowest BCUT2D eigenvalue weighted by atomic mass is 10.2. The highest BCUT2D eigenvalue weighted by atomic mass is 16.6. The fraction of sp³-hybridized carbons (Fsp3) is 0. The molecule has 0 heterocycles. The van der Waals surface area contributed by atoms with Gasteiger partial charge in [0.25, 0.3) is 17.0 Å². The minimum absolute atomic E-state index is 0.319. The largest absolute Gasteiger partial charge is 0.357 e. The predicted octanol–water partition coefficient (Wildman–Crippen LogP) is 0.723. The molecule has 0 saturated carbocycles. The summed E-state index contributed by atoms with van der Waals surface area (Å²) in [5.74, 6) is 8.35. The molecule has 1 aromatic carbocycles. The molecule has 0 aromatic heterocycles. The lowest BCUT2D eigenvalue weighted by molar-refractivity contribution is -0.393. The lowest BCUT2D eigenvalue weighted by Crippen LogP contribution is -1.99. The van der Waals surface area contributed by atoms with Crippen LogP contribution in [0.5, 0.6) is 0 Å². The van der Waals surface area contributed by atoms with E-state index in [0.29, 0.717) is 0 Å². The number of nitro groups is 2. The Morgan fingerprint density at radius 1 is 1.21 bits per heavy atom. The molecule has 70 valence electrons. The Morgan fingerprint density at radius 3 is 2.29 bits per heavy atom. The maximum Gasteiger partial charge on any atom is 0.357 e. The summed E-state index contributed by atoms with van der Waals surface area (Å²) in [5, 5.41) is 20.6. The van der Waals surface area contributed by atoms with Crippen molar-refractivity contribution in [1.29, 1.82) is 0 Å². The van der Waals surface area contributed by atoms with Crippen LogP contribution in [0.15, 0.2) is 18.2 Å². The van der Waals surface area contributed by atoms with E-state index in [0.717, 1.165) is 18.2 Å². The first-order chi connectivity index (χ1) is 6.56. The van der Waals surface area contributed by atoms with E-state index < -0.39 is 21.2 Å². The van der Waals surface area contributed by atoms with Crippen molar-refractivity contribution < 1.29 is 9.85 Å². The number of nitrogens with zero attached hydrogens (tertiary/aromatic N) is 4. The van der Waals surface area contributed by atoms with Gasteiger partial charge in [-0.15, -0.1) is 0 Å². The molecular formula is C6H3N4O4+. The van der Waals surface area contributed by atoms with E-state index in [9.17, 15) is 20.2 Å². The molecule has 0 aliphatic carbocycles. The van der Waals surface area contributed by atoms with Gasteiger partial charge in [-0.1, -0.05) is 0 Å². The van der Waals surface area contributed by atoms with Gasteiger partial charge in [0.1, 0.15) is 6.07 Å². The maximum absolute atomic E-state index is 10.4. The molecule has 14 heavy (non-hydrogen) atoms. The third-order valence-corrected chi connectivity index (χ3v) is 1.47. The molecule has 0 atom stereocenters. The van der Waals surface area contributed by atoms with Gasteiger partial charge in [0, 0.05) is 12.1 Å². The number of hydrogen-bond donors (Lipinski definition) is 0. The molecule has 0 aliphatic heterocycles. The lowest BCUT2D eigenvalue weighted by Gasteiger charge is -1.90. The molecule has 0 aliphatic rings. The third kappa shape index (κ3) is 1.81. The van der Waals surface area contributed by atoms with Gasteiger partial charge in [-0.25, -0.2) is 0 Å². The monoisotopic (exact) mass is 195 g/mol. The molecule has 4 radical (unpaired) electrons. The van der Waals surface area contributed by atoms with Crippen LogP contribution in [0, 0.1) is 20.2 Å². The van der Waals surface area contributed by atoms with Crippen LogP contribution >= 0.6 is 0 Å². The SMILES string of the molecule is [N][N+]c1ccc([N+](=O)[O-])cc1[N+](=O)[O-]. The Balaban J connectivity index is 3.27. The summed E-state index contributed by atoms with van der Waals surface area (Å²) in [4.78, 5) is 19.0. The Morgan fingerprint density at radius 2 is 1.86 bits per heavy atom. The predicted molar refractivity (Wildman–Crippen MR) is 43.7 cm³/mol. The summed E-state index contributed by atoms with van der Waals surface area (Å²) in [7, 11) is 0. The molecule has 0 fully saturated rings. The first kappa shape index (κ1) is 10.0. The Kier molecular flexibility index (Phi) is 2.70. The van der Waals surface area contributed by atoms with Gasteiger partial charge in [-0.05, 0) is 0 Å². The van der Waals surface area contributed by atoms with E-state index in [2.05, 4.69) is 5.43 Å². The molecule has 0 N–H and O–H groups in total. The first-order valence-corrected chi connectivity index (χ1v) is 3.34. The summed E-state index contributed by atoms with van der Waals surface area (Å²) in [6, 6.07) is 2.74. The Hall–Kier alpha value is -2.06. The van der Waals surface area contributed by atoms with Crippen LogP contribution in [0.25, 0.3) is 0 Å². The standard InChI is InChI=1S/C6H3N4O4/c7-8-5-2-1-4(9(11)12)3-6(5)10(13)14/h1-3H/q+1. The highest BCUT2D eigenvalue weighted by Gasteiger charge is 2.28. The van der Waals surface area contributed by atoms with E-state index in [-0.39, 0.29) is 5.69 Å². The zero-order chi connectivity index (χ0) is 10.7. The average molecular weight is 195 g/mol. The number of hydrogen-bond acceptors (Lipinski definition) is 4. The van der Waals surface area contributed by atoms with Crippen LogP contribution in [0.2, 0.25) is 0 Å². The number of rotatable bonds is 3. The van der Waals surface area contributed by atoms with Gasteiger partial charge in [-0.3, -0.25) is 20.2 Å². The van der Waals surface area contributed by atoms with Crippen molar-refractivity contribution in [2.24, 2.45) is 0 Å². The van der Waals surface area contributed by atoms with Gasteiger partial charge in [0.05, 0.1) is 9.85 Å². The minimum Gasteiger partial charge on any atom is -0.258 e. The molecular weight excluding hydrogens is 192 g/mol. The maximum atomic E-state index is 10.4. The van der Waals surface area contributed by atoms with Crippen molar-refractivity contribution in [2.45, 2.75) is 0 Å². The average Bonchev–Trinajstić information content (AvgIpc) is 2.16. The molecule has 0 unspecified atom stereocenters. The molecule has 8 heteroatoms. The van der Waals surface area contributed by atoms with E-state index in [1.807, 2.05) is 0 Å². The molecule has 1 rings (SSSR count). The van der Waals surface area contributed by atoms with Crippen LogP contribution in [-0.4, -0.2) is 9.85 Å². The number of nitro benzene ring substituents is 2. The van der Waals surface area contributed by atoms with E-state index in [4.69, 9.17) is 5.84 Å². The molecule has 0 saturated heterocycles. The first-order valence-electron chi connectivity index (χ1n) is 3.34. The second kappa shape index (κ2) is 3.77. The molecule has 1 aromatic rings. The quantitative estimate of drug-likeness (QED) is 0.520. The van der Waals surface area contributed by atoms with Gasteiger partial charge in [-0.2, -0.15) is 0 Å². The van der Waals surface area contributed by atoms with Crippen molar-refractivity contribution in [2.75, 3.05) is 0 Å². The molecule has 0 amide bonds. The Labute approximate surface area is 77.6 Å². The van der Waals surface area contributed by atoms with Crippen LogP contribution in [0.3, 0.4) is 0 Å². The second-order valence-electron chi connectivity index (χ2n) is 2.29. The van der Waals surface area contributed by atoms with Crippen molar-refractivity contribution in [1.82, 2.24) is 11.3 Å². The molecule has 0 bridgehead atoms. The van der Waals surface area contributed by atoms with Crippen LogP contribution in [-0.2, 0) is 0 Å². The smallest absolute Gasteiger partial charge is 0.258 e. The van der Waals surface area contributed by atoms with Crippen molar-refractivity contribution in [3.8, 4) is 0 Å². The van der Waals surface area contributed by atoms with E-state index in [1.165, 1.54) is 0 Å². The number of benzene rings is 1. The fourth-order valence-electron chi connectivity index (χ4n) is 0.856. The van der Waals surface area contributed by atoms with E-state index in [1.54, 1.807) is 0 Å². The van der Waals surface area contributed by atoms with Crippen LogP contribution in [0.1, 0.15) is 0 Å². The fourth-order valence-corrected chi connectivity index (χ4v) is 0.856. The third-order valence-electron chi connectivity index (χ3n) is 1.47. The zero-order valence-corrected chi connectivity index (χ0v) is 6.65. The van der Waals surface area contributed by atoms with Crippen molar-refractivity contribution >= 4 is 17.1 Å². The highest BCUT2D eigenvalue weighted by molar-refractivity contribution is 5.60. The normalized spacial score (nSPS) is 9.79. The summed E-state index contributed by atoms with van der Waals surface area (Å²) in [5.41, 5.74) is 1.27. The van der Waals surface area contributed by atoms with Gasteiger partial charge in [0.2, 0.25) is 0 Å². The summed E-state index contributed by atoms with van der Waals surface area (Å²) in [6.07, 6.45) is 0. The van der Waals surface area contributed by atoms with Crippen LogP contribution < -0.4 is 11.3 Å². The van der Waals surface area contributed by atoms with Gasteiger partial charge >= 0.3 is 11.4 Å². The summed E-state index contributed by atoms with van der Waals surface area (Å²) >= 11 is 0. The molecule has 0 spiro atoms. The van der Waals surface area contributed by atoms with E-state index >= 15 is 0 Å². The zero-order valence-electron chi connectivity index (χ0n) is 6.65. The van der Waals surface area contributed by atoms with Gasteiger partial charge < -0.3 is 0 Å². The second-order valence-corrected chi connectivity index (χ2v) is 2.29. The van der Waals surface area contributed by atoms with Crippen LogP contribution in [0.4, 0.5) is 17.1 Å². The van der Waals surface area contributed by atoms with Crippen molar-refractivity contribution in [3.63, 3.8) is 0 Å². The highest BCUT2D eigenvalue weighted by Crippen LogP contribution is 2.28. The topological polar surface area (TPSA) is 123 Å². The van der Waals surface area contributed by atoms with Crippen molar-refractivity contribution in [3.05, 3.63) is 38.4 Å². The minimum atomic E-state index is -0.859. The molecule has 8 nitrogen and oxygen atoms in total. The number of non-ortho nitro benzene ring substituents is 1.